The zero-order chi connectivity index (χ0) is 29.1. The number of unbranched alkanes of at least 4 members (excludes halogenated alkanes) is 10. The van der Waals surface area contributed by atoms with Gasteiger partial charge in [-0.2, -0.15) is 0 Å². The molecule has 0 saturated carbocycles. The highest BCUT2D eigenvalue weighted by Gasteiger charge is 2.14. The van der Waals surface area contributed by atoms with Crippen LogP contribution in [0.2, 0.25) is 0 Å². The summed E-state index contributed by atoms with van der Waals surface area (Å²) in [6.45, 7) is 8.73. The highest BCUT2D eigenvalue weighted by atomic mass is 14.7. The molecule has 0 atom stereocenters. The van der Waals surface area contributed by atoms with Crippen molar-refractivity contribution in [2.75, 3.05) is 0 Å². The molecule has 0 unspecified atom stereocenters. The average molecular weight is 542 g/mol. The van der Waals surface area contributed by atoms with Crippen LogP contribution in [0.25, 0.3) is 22.5 Å². The lowest BCUT2D eigenvalue weighted by atomic mass is 9.96. The van der Waals surface area contributed by atoms with E-state index in [1.807, 2.05) is 0 Å². The van der Waals surface area contributed by atoms with Gasteiger partial charge in [-0.15, -0.1) is 5.92 Å². The molecule has 2 aromatic carbocycles. The quantitative estimate of drug-likeness (QED) is 0.155. The summed E-state index contributed by atoms with van der Waals surface area (Å²) >= 11 is 0. The third kappa shape index (κ3) is 11.3. The SMILES string of the molecule is CCCCCCCC#CC#Cc1c(CC#CCCCCCCC)cc(-c2ccc(C)cc2)nc1-c1ccc(C)cc1. The minimum atomic E-state index is 0.657. The standard InChI is InChI=1S/C40H47N/c1-5-7-9-11-13-15-17-19-21-23-38-37(22-20-18-16-14-12-10-8-6-2)32-39(35-28-24-33(3)25-29-35)41-40(38)36-30-26-34(4)27-31-36/h24-32H,5-16,22H2,1-4H3. The van der Waals surface area contributed by atoms with E-state index >= 15 is 0 Å². The second-order valence-corrected chi connectivity index (χ2v) is 11.0. The molecule has 0 aliphatic rings. The lowest BCUT2D eigenvalue weighted by Crippen LogP contribution is -1.99. The second kappa shape index (κ2) is 18.6. The number of aryl methyl sites for hydroxylation is 2. The number of nitrogens with zero attached hydrogens (tertiary/aromatic N) is 1. The number of benzene rings is 2. The number of hydrogen-bond donors (Lipinski definition) is 0. The maximum atomic E-state index is 5.18. The van der Waals surface area contributed by atoms with E-state index in [0.717, 1.165) is 52.9 Å². The summed E-state index contributed by atoms with van der Waals surface area (Å²) in [7, 11) is 0. The van der Waals surface area contributed by atoms with E-state index in [4.69, 9.17) is 4.98 Å². The van der Waals surface area contributed by atoms with Crippen molar-refractivity contribution in [3.05, 3.63) is 76.9 Å². The van der Waals surface area contributed by atoms with Gasteiger partial charge >= 0.3 is 0 Å². The van der Waals surface area contributed by atoms with Crippen molar-refractivity contribution in [1.82, 2.24) is 4.98 Å². The second-order valence-electron chi connectivity index (χ2n) is 11.0. The predicted octanol–water partition coefficient (Wildman–Crippen LogP) is 10.7. The Labute approximate surface area is 250 Å². The van der Waals surface area contributed by atoms with Gasteiger partial charge in [0.1, 0.15) is 0 Å². The third-order valence-electron chi connectivity index (χ3n) is 7.33. The Morgan fingerprint density at radius 2 is 1.15 bits per heavy atom. The van der Waals surface area contributed by atoms with E-state index in [9.17, 15) is 0 Å². The molecule has 0 bridgehead atoms. The Kier molecular flexibility index (Phi) is 14.4. The zero-order valence-corrected chi connectivity index (χ0v) is 25.8. The van der Waals surface area contributed by atoms with Crippen LogP contribution in [0.15, 0.2) is 54.6 Å². The van der Waals surface area contributed by atoms with Crippen molar-refractivity contribution >= 4 is 0 Å². The first-order chi connectivity index (χ1) is 20.1. The van der Waals surface area contributed by atoms with Crippen LogP contribution in [0.1, 0.15) is 113 Å². The van der Waals surface area contributed by atoms with E-state index in [-0.39, 0.29) is 0 Å². The number of hydrogen-bond acceptors (Lipinski definition) is 1. The maximum absolute atomic E-state index is 5.18. The lowest BCUT2D eigenvalue weighted by molar-refractivity contribution is 0.641. The van der Waals surface area contributed by atoms with Gasteiger partial charge in [-0.25, -0.2) is 4.98 Å². The van der Waals surface area contributed by atoms with Crippen molar-refractivity contribution in [3.63, 3.8) is 0 Å². The van der Waals surface area contributed by atoms with Crippen molar-refractivity contribution in [1.29, 1.82) is 0 Å². The molecule has 1 nitrogen and oxygen atoms in total. The number of pyridine rings is 1. The predicted molar refractivity (Wildman–Crippen MR) is 177 cm³/mol. The molecule has 0 fully saturated rings. The largest absolute Gasteiger partial charge is 0.246 e. The maximum Gasteiger partial charge on any atom is 0.0869 e. The Balaban J connectivity index is 1.96. The fraction of sp³-hybridized carbons (Fsp3) is 0.425. The van der Waals surface area contributed by atoms with Crippen LogP contribution in [0.3, 0.4) is 0 Å². The summed E-state index contributed by atoms with van der Waals surface area (Å²) in [6, 6.07) is 19.4. The molecular formula is C40H47N. The summed E-state index contributed by atoms with van der Waals surface area (Å²) in [6.07, 6.45) is 15.1. The Hall–Kier alpha value is -3.73. The Morgan fingerprint density at radius 1 is 0.585 bits per heavy atom. The molecule has 3 rings (SSSR count). The van der Waals surface area contributed by atoms with Crippen LogP contribution in [0.4, 0.5) is 0 Å². The summed E-state index contributed by atoms with van der Waals surface area (Å²) in [5.74, 6) is 19.9. The van der Waals surface area contributed by atoms with Gasteiger partial charge in [0.05, 0.1) is 17.0 Å². The van der Waals surface area contributed by atoms with Crippen LogP contribution in [-0.4, -0.2) is 4.98 Å². The highest BCUT2D eigenvalue weighted by molar-refractivity contribution is 5.75. The molecule has 1 heteroatoms. The molecule has 0 radical (unpaired) electrons. The minimum absolute atomic E-state index is 0.657. The number of aromatic nitrogens is 1. The van der Waals surface area contributed by atoms with Gasteiger partial charge < -0.3 is 0 Å². The van der Waals surface area contributed by atoms with Crippen LogP contribution in [-0.2, 0) is 6.42 Å². The van der Waals surface area contributed by atoms with Gasteiger partial charge in [0.2, 0.25) is 0 Å². The van der Waals surface area contributed by atoms with Gasteiger partial charge in [-0.1, -0.05) is 143 Å². The molecule has 0 N–H and O–H groups in total. The van der Waals surface area contributed by atoms with Crippen LogP contribution in [0, 0.1) is 49.4 Å². The van der Waals surface area contributed by atoms with Gasteiger partial charge in [-0.3, -0.25) is 0 Å². The smallest absolute Gasteiger partial charge is 0.0869 e. The van der Waals surface area contributed by atoms with E-state index in [2.05, 4.69) is 118 Å². The molecule has 0 aliphatic heterocycles. The molecule has 41 heavy (non-hydrogen) atoms. The molecule has 212 valence electrons. The first kappa shape index (κ1) is 31.8. The van der Waals surface area contributed by atoms with Gasteiger partial charge in [0.15, 0.2) is 0 Å². The van der Waals surface area contributed by atoms with Gasteiger partial charge in [0, 0.05) is 30.4 Å². The molecule has 1 aromatic heterocycles. The monoisotopic (exact) mass is 541 g/mol. The Morgan fingerprint density at radius 3 is 1.76 bits per heavy atom. The van der Waals surface area contributed by atoms with E-state index in [1.54, 1.807) is 0 Å². The van der Waals surface area contributed by atoms with Crippen LogP contribution < -0.4 is 0 Å². The Bertz CT molecular complexity index is 1390. The third-order valence-corrected chi connectivity index (χ3v) is 7.33. The molecule has 1 heterocycles. The van der Waals surface area contributed by atoms with Crippen molar-refractivity contribution < 1.29 is 0 Å². The summed E-state index contributed by atoms with van der Waals surface area (Å²) in [4.78, 5) is 5.18. The fourth-order valence-electron chi connectivity index (χ4n) is 4.75. The molecule has 0 amide bonds. The first-order valence-electron chi connectivity index (χ1n) is 15.7. The van der Waals surface area contributed by atoms with Crippen LogP contribution >= 0.6 is 0 Å². The van der Waals surface area contributed by atoms with E-state index in [0.29, 0.717) is 6.42 Å². The molecule has 0 spiro atoms. The van der Waals surface area contributed by atoms with E-state index < -0.39 is 0 Å². The molecule has 3 aromatic rings. The summed E-state index contributed by atoms with van der Waals surface area (Å²) < 4.78 is 0. The molecule has 0 saturated heterocycles. The van der Waals surface area contributed by atoms with E-state index in [1.165, 1.54) is 68.9 Å². The normalized spacial score (nSPS) is 10.1. The fourth-order valence-corrected chi connectivity index (χ4v) is 4.75. The van der Waals surface area contributed by atoms with Crippen molar-refractivity contribution in [2.45, 2.75) is 111 Å². The van der Waals surface area contributed by atoms with Gasteiger partial charge in [0.25, 0.3) is 0 Å². The average Bonchev–Trinajstić information content (AvgIpc) is 2.98. The molecular weight excluding hydrogens is 494 g/mol. The van der Waals surface area contributed by atoms with Crippen molar-refractivity contribution in [3.8, 4) is 58.0 Å². The molecule has 0 aliphatic carbocycles. The van der Waals surface area contributed by atoms with Crippen molar-refractivity contribution in [2.24, 2.45) is 0 Å². The number of rotatable bonds is 13. The first-order valence-corrected chi connectivity index (χ1v) is 15.7. The minimum Gasteiger partial charge on any atom is -0.246 e. The lowest BCUT2D eigenvalue weighted by Gasteiger charge is -2.13. The summed E-state index contributed by atoms with van der Waals surface area (Å²) in [5, 5.41) is 0. The highest BCUT2D eigenvalue weighted by Crippen LogP contribution is 2.30. The van der Waals surface area contributed by atoms with Gasteiger partial charge in [-0.05, 0) is 50.2 Å². The zero-order valence-electron chi connectivity index (χ0n) is 25.8. The summed E-state index contributed by atoms with van der Waals surface area (Å²) in [5.41, 5.74) is 8.58. The topological polar surface area (TPSA) is 12.9 Å². The van der Waals surface area contributed by atoms with Crippen LogP contribution in [0.5, 0.6) is 0 Å².